The molecule has 2 rings (SSSR count). The number of aliphatic hydroxyl groups excluding tert-OH is 1. The van der Waals surface area contributed by atoms with Crippen LogP contribution >= 0.6 is 11.3 Å². The number of ether oxygens (including phenoxy) is 1. The normalized spacial score (nSPS) is 10.9. The largest absolute Gasteiger partial charge is 0.425 e. The molecule has 1 unspecified atom stereocenters. The molecule has 0 saturated carbocycles. The molecule has 17 heavy (non-hydrogen) atoms. The van der Waals surface area contributed by atoms with E-state index >= 15 is 0 Å². The maximum absolute atomic E-state index is 10.8. The monoisotopic (exact) mass is 250 g/mol. The van der Waals surface area contributed by atoms with Crippen molar-refractivity contribution >= 4 is 17.3 Å². The first-order valence-electron chi connectivity index (χ1n) is 5.12. The van der Waals surface area contributed by atoms with Gasteiger partial charge in [-0.15, -0.1) is 0 Å². The lowest BCUT2D eigenvalue weighted by Gasteiger charge is -2.04. The topological polar surface area (TPSA) is 46.5 Å². The predicted molar refractivity (Wildman–Crippen MR) is 68.1 cm³/mol. The number of esters is 1. The molecule has 90 valence electrons. The van der Waals surface area contributed by atoms with Crippen molar-refractivity contribution in [3.05, 3.63) is 53.2 Å². The Bertz CT molecular complexity index is 392. The molecule has 1 atom stereocenters. The van der Waals surface area contributed by atoms with Crippen LogP contribution in [0.2, 0.25) is 0 Å². The maximum atomic E-state index is 10.8. The van der Waals surface area contributed by atoms with E-state index in [9.17, 15) is 4.79 Å². The highest BCUT2D eigenvalue weighted by Crippen LogP contribution is 2.08. The Labute approximate surface area is 104 Å². The number of benzene rings is 1. The van der Waals surface area contributed by atoms with Crippen LogP contribution < -0.4 is 4.74 Å². The van der Waals surface area contributed by atoms with Crippen molar-refractivity contribution in [2.45, 2.75) is 13.0 Å². The van der Waals surface area contributed by atoms with E-state index in [1.165, 1.54) is 6.92 Å². The van der Waals surface area contributed by atoms with Gasteiger partial charge in [0.2, 0.25) is 0 Å². The molecule has 0 aliphatic carbocycles. The number of para-hydroxylation sites is 1. The van der Waals surface area contributed by atoms with Gasteiger partial charge in [-0.05, 0) is 29.8 Å². The summed E-state index contributed by atoms with van der Waals surface area (Å²) < 4.78 is 4.79. The number of aliphatic hydroxyl groups is 1. The van der Waals surface area contributed by atoms with Crippen molar-refractivity contribution in [1.82, 2.24) is 0 Å². The van der Waals surface area contributed by atoms with Gasteiger partial charge in [0.15, 0.2) is 0 Å². The molecular formula is C13H14O3S. The fourth-order valence-corrected chi connectivity index (χ4v) is 1.37. The Balaban J connectivity index is 0.000000239. The third-order valence-corrected chi connectivity index (χ3v) is 2.36. The van der Waals surface area contributed by atoms with Gasteiger partial charge in [-0.2, -0.15) is 11.3 Å². The molecule has 1 N–H and O–H groups in total. The van der Waals surface area contributed by atoms with Crippen molar-refractivity contribution in [2.24, 2.45) is 0 Å². The zero-order chi connectivity index (χ0) is 12.5. The molecule has 0 amide bonds. The molecule has 0 radical (unpaired) electrons. The van der Waals surface area contributed by atoms with Crippen LogP contribution in [-0.4, -0.2) is 17.2 Å². The highest BCUT2D eigenvalue weighted by Gasteiger charge is 2.10. The van der Waals surface area contributed by atoms with Crippen LogP contribution in [0.1, 0.15) is 6.92 Å². The summed E-state index contributed by atoms with van der Waals surface area (Å²) in [6.45, 7) is 1.37. The molecule has 1 heterocycles. The van der Waals surface area contributed by atoms with E-state index < -0.39 is 12.1 Å². The number of carbonyl (C=O) groups excluding carboxylic acids is 1. The molecule has 1 aromatic carbocycles. The van der Waals surface area contributed by atoms with E-state index in [-0.39, 0.29) is 0 Å². The number of hydrogen-bond donors (Lipinski definition) is 1. The van der Waals surface area contributed by atoms with Crippen LogP contribution in [0, 0.1) is 0 Å². The fourth-order valence-electron chi connectivity index (χ4n) is 0.917. The highest BCUT2D eigenvalue weighted by molar-refractivity contribution is 7.07. The zero-order valence-corrected chi connectivity index (χ0v) is 10.3. The van der Waals surface area contributed by atoms with E-state index in [0.717, 1.165) is 0 Å². The van der Waals surface area contributed by atoms with E-state index in [1.54, 1.807) is 35.6 Å². The summed E-state index contributed by atoms with van der Waals surface area (Å²) in [6, 6.07) is 12.7. The molecule has 3 nitrogen and oxygen atoms in total. The minimum atomic E-state index is -1.08. The molecule has 4 heteroatoms. The first kappa shape index (κ1) is 13.4. The lowest BCUT2D eigenvalue weighted by Crippen LogP contribution is -2.21. The standard InChI is InChI=1S/C9H10O3.C4H4S/c1-7(10)9(11)12-8-5-3-2-4-6-8;1-2-4-5-3-1/h2-7,10H,1H3;1-4H. The van der Waals surface area contributed by atoms with Gasteiger partial charge < -0.3 is 9.84 Å². The molecular weight excluding hydrogens is 236 g/mol. The first-order chi connectivity index (χ1) is 8.20. The molecule has 0 bridgehead atoms. The predicted octanol–water partition coefficient (Wildman–Crippen LogP) is 2.72. The van der Waals surface area contributed by atoms with Crippen molar-refractivity contribution < 1.29 is 14.6 Å². The van der Waals surface area contributed by atoms with E-state index in [1.807, 2.05) is 29.0 Å². The Hall–Kier alpha value is -1.65. The van der Waals surface area contributed by atoms with Crippen molar-refractivity contribution in [3.63, 3.8) is 0 Å². The van der Waals surface area contributed by atoms with Crippen LogP contribution in [0.4, 0.5) is 0 Å². The second-order valence-corrected chi connectivity index (χ2v) is 4.02. The van der Waals surface area contributed by atoms with Gasteiger partial charge in [-0.3, -0.25) is 0 Å². The third kappa shape index (κ3) is 5.85. The number of thiophene rings is 1. The molecule has 2 aromatic rings. The Kier molecular flexibility index (Phi) is 5.99. The minimum Gasteiger partial charge on any atom is -0.425 e. The molecule has 0 saturated heterocycles. The van der Waals surface area contributed by atoms with Crippen molar-refractivity contribution in [1.29, 1.82) is 0 Å². The van der Waals surface area contributed by atoms with Crippen molar-refractivity contribution in [3.8, 4) is 5.75 Å². The number of hydrogen-bond acceptors (Lipinski definition) is 4. The van der Waals surface area contributed by atoms with Crippen LogP contribution in [-0.2, 0) is 4.79 Å². The van der Waals surface area contributed by atoms with E-state index in [2.05, 4.69) is 0 Å². The summed E-state index contributed by atoms with van der Waals surface area (Å²) in [5.74, 6) is -0.190. The van der Waals surface area contributed by atoms with Gasteiger partial charge in [0.05, 0.1) is 0 Å². The molecule has 1 aromatic heterocycles. The van der Waals surface area contributed by atoms with Gasteiger partial charge in [0.25, 0.3) is 0 Å². The molecule has 0 aliphatic rings. The number of carbonyl (C=O) groups is 1. The van der Waals surface area contributed by atoms with Gasteiger partial charge in [-0.1, -0.05) is 30.3 Å². The summed E-state index contributed by atoms with van der Waals surface area (Å²) in [5.41, 5.74) is 0. The van der Waals surface area contributed by atoms with Crippen LogP contribution in [0.25, 0.3) is 0 Å². The summed E-state index contributed by atoms with van der Waals surface area (Å²) in [4.78, 5) is 10.8. The maximum Gasteiger partial charge on any atom is 0.340 e. The first-order valence-corrected chi connectivity index (χ1v) is 6.06. The molecule has 0 fully saturated rings. The summed E-state index contributed by atoms with van der Waals surface area (Å²) in [5, 5.41) is 12.9. The Morgan fingerprint density at radius 3 is 2.18 bits per heavy atom. The van der Waals surface area contributed by atoms with Gasteiger partial charge in [0.1, 0.15) is 11.9 Å². The van der Waals surface area contributed by atoms with Gasteiger partial charge >= 0.3 is 5.97 Å². The average Bonchev–Trinajstić information content (AvgIpc) is 2.89. The van der Waals surface area contributed by atoms with Gasteiger partial charge in [-0.25, -0.2) is 4.79 Å². The quantitative estimate of drug-likeness (QED) is 0.658. The summed E-state index contributed by atoms with van der Waals surface area (Å²) in [6.07, 6.45) is -1.08. The zero-order valence-electron chi connectivity index (χ0n) is 9.45. The molecule has 0 spiro atoms. The fraction of sp³-hybridized carbons (Fsp3) is 0.154. The van der Waals surface area contributed by atoms with Gasteiger partial charge in [0, 0.05) is 0 Å². The Morgan fingerprint density at radius 1 is 1.18 bits per heavy atom. The highest BCUT2D eigenvalue weighted by atomic mass is 32.1. The Morgan fingerprint density at radius 2 is 1.76 bits per heavy atom. The van der Waals surface area contributed by atoms with Crippen LogP contribution in [0.3, 0.4) is 0 Å². The smallest absolute Gasteiger partial charge is 0.340 e. The van der Waals surface area contributed by atoms with E-state index in [0.29, 0.717) is 5.75 Å². The summed E-state index contributed by atoms with van der Waals surface area (Å²) in [7, 11) is 0. The lowest BCUT2D eigenvalue weighted by atomic mass is 10.3. The molecule has 0 aliphatic heterocycles. The second kappa shape index (κ2) is 7.60. The lowest BCUT2D eigenvalue weighted by molar-refractivity contribution is -0.142. The number of rotatable bonds is 2. The third-order valence-electron chi connectivity index (χ3n) is 1.73. The average molecular weight is 250 g/mol. The SMILES string of the molecule is CC(O)C(=O)Oc1ccccc1.c1ccsc1. The van der Waals surface area contributed by atoms with E-state index in [4.69, 9.17) is 9.84 Å². The summed E-state index contributed by atoms with van der Waals surface area (Å²) >= 11 is 1.71. The van der Waals surface area contributed by atoms with Crippen LogP contribution in [0.5, 0.6) is 5.75 Å². The van der Waals surface area contributed by atoms with Crippen LogP contribution in [0.15, 0.2) is 53.2 Å². The minimum absolute atomic E-state index is 0.448. The second-order valence-electron chi connectivity index (χ2n) is 3.20. The van der Waals surface area contributed by atoms with Crippen molar-refractivity contribution in [2.75, 3.05) is 0 Å².